The molecule has 3 nitrogen and oxygen atoms in total. The second-order valence-corrected chi connectivity index (χ2v) is 7.76. The Morgan fingerprint density at radius 1 is 1.00 bits per heavy atom. The quantitative estimate of drug-likeness (QED) is 0.658. The maximum atomic E-state index is 11.5. The summed E-state index contributed by atoms with van der Waals surface area (Å²) in [5.41, 5.74) is 0. The van der Waals surface area contributed by atoms with E-state index < -0.39 is 9.84 Å². The molecular weight excluding hydrogens is 246 g/mol. The zero-order chi connectivity index (χ0) is 13.3. The number of hydrogen-bond donors (Lipinski definition) is 1. The van der Waals surface area contributed by atoms with Crippen LogP contribution in [-0.4, -0.2) is 32.5 Å². The molecule has 18 heavy (non-hydrogen) atoms. The molecule has 1 aliphatic heterocycles. The topological polar surface area (TPSA) is 46.2 Å². The van der Waals surface area contributed by atoms with Gasteiger partial charge in [0.15, 0.2) is 9.84 Å². The van der Waals surface area contributed by atoms with Crippen molar-refractivity contribution in [1.82, 2.24) is 5.32 Å². The Morgan fingerprint density at radius 3 is 2.22 bits per heavy atom. The van der Waals surface area contributed by atoms with Gasteiger partial charge in [-0.2, -0.15) is 0 Å². The number of nitrogens with one attached hydrogen (secondary N) is 1. The van der Waals surface area contributed by atoms with Crippen molar-refractivity contribution in [2.45, 2.75) is 70.8 Å². The summed E-state index contributed by atoms with van der Waals surface area (Å²) in [4.78, 5) is 0. The zero-order valence-electron chi connectivity index (χ0n) is 11.8. The van der Waals surface area contributed by atoms with E-state index in [4.69, 9.17) is 0 Å². The first kappa shape index (κ1) is 16.0. The summed E-state index contributed by atoms with van der Waals surface area (Å²) in [7, 11) is -2.75. The molecule has 0 aromatic rings. The molecule has 108 valence electrons. The highest BCUT2D eigenvalue weighted by atomic mass is 32.2. The molecular formula is C14H29NO2S. The fourth-order valence-electron chi connectivity index (χ4n) is 2.58. The average molecular weight is 275 g/mol. The fourth-order valence-corrected chi connectivity index (χ4v) is 4.07. The van der Waals surface area contributed by atoms with Gasteiger partial charge < -0.3 is 5.32 Å². The van der Waals surface area contributed by atoms with E-state index in [-0.39, 0.29) is 6.04 Å². The molecule has 0 aliphatic carbocycles. The Hall–Kier alpha value is -0.0900. The Labute approximate surface area is 113 Å². The average Bonchev–Trinajstić information content (AvgIpc) is 2.31. The van der Waals surface area contributed by atoms with Crippen molar-refractivity contribution in [3.8, 4) is 0 Å². The highest BCUT2D eigenvalue weighted by molar-refractivity contribution is 7.91. The van der Waals surface area contributed by atoms with Gasteiger partial charge in [-0.25, -0.2) is 8.42 Å². The SMILES string of the molecule is CCCCCCCCCCC1CS(=O)(=O)CCN1. The first-order valence-corrected chi connectivity index (χ1v) is 9.40. The molecule has 1 heterocycles. The van der Waals surface area contributed by atoms with Crippen molar-refractivity contribution in [3.63, 3.8) is 0 Å². The van der Waals surface area contributed by atoms with Crippen molar-refractivity contribution in [2.75, 3.05) is 18.1 Å². The molecule has 1 atom stereocenters. The molecule has 0 amide bonds. The van der Waals surface area contributed by atoms with Gasteiger partial charge in [0.1, 0.15) is 0 Å². The molecule has 0 saturated carbocycles. The summed E-state index contributed by atoms with van der Waals surface area (Å²) >= 11 is 0. The van der Waals surface area contributed by atoms with Gasteiger partial charge in [0.2, 0.25) is 0 Å². The predicted octanol–water partition coefficient (Wildman–Crippen LogP) is 2.90. The predicted molar refractivity (Wildman–Crippen MR) is 77.7 cm³/mol. The van der Waals surface area contributed by atoms with Crippen LogP contribution in [0.2, 0.25) is 0 Å². The molecule has 0 spiro atoms. The van der Waals surface area contributed by atoms with Crippen molar-refractivity contribution in [1.29, 1.82) is 0 Å². The van der Waals surface area contributed by atoms with Gasteiger partial charge in [-0.15, -0.1) is 0 Å². The third-order valence-electron chi connectivity index (χ3n) is 3.71. The molecule has 0 aromatic heterocycles. The summed E-state index contributed by atoms with van der Waals surface area (Å²) in [6.45, 7) is 2.88. The fraction of sp³-hybridized carbons (Fsp3) is 1.00. The lowest BCUT2D eigenvalue weighted by molar-refractivity contribution is 0.467. The zero-order valence-corrected chi connectivity index (χ0v) is 12.6. The van der Waals surface area contributed by atoms with Crippen molar-refractivity contribution < 1.29 is 8.42 Å². The molecule has 1 fully saturated rings. The van der Waals surface area contributed by atoms with Gasteiger partial charge in [-0.3, -0.25) is 0 Å². The third-order valence-corrected chi connectivity index (χ3v) is 5.44. The maximum absolute atomic E-state index is 11.5. The normalized spacial score (nSPS) is 23.1. The van der Waals surface area contributed by atoms with Crippen molar-refractivity contribution in [2.24, 2.45) is 0 Å². The molecule has 1 rings (SSSR count). The molecule has 0 radical (unpaired) electrons. The van der Waals surface area contributed by atoms with Crippen LogP contribution in [0.15, 0.2) is 0 Å². The first-order chi connectivity index (χ1) is 8.64. The summed E-state index contributed by atoms with van der Waals surface area (Å²) in [5.74, 6) is 0.671. The minimum Gasteiger partial charge on any atom is -0.312 e. The lowest BCUT2D eigenvalue weighted by Gasteiger charge is -2.23. The second-order valence-electron chi connectivity index (χ2n) is 5.53. The molecule has 0 aromatic carbocycles. The lowest BCUT2D eigenvalue weighted by atomic mass is 10.1. The van der Waals surface area contributed by atoms with Gasteiger partial charge in [-0.05, 0) is 6.42 Å². The van der Waals surface area contributed by atoms with E-state index in [0.29, 0.717) is 18.1 Å². The summed E-state index contributed by atoms with van der Waals surface area (Å²) in [5, 5.41) is 3.31. The van der Waals surface area contributed by atoms with Crippen LogP contribution < -0.4 is 5.32 Å². The minimum atomic E-state index is -2.75. The van der Waals surface area contributed by atoms with Gasteiger partial charge in [-0.1, -0.05) is 58.3 Å². The smallest absolute Gasteiger partial charge is 0.153 e. The summed E-state index contributed by atoms with van der Waals surface area (Å²) < 4.78 is 22.9. The minimum absolute atomic E-state index is 0.212. The van der Waals surface area contributed by atoms with E-state index in [0.717, 1.165) is 6.42 Å². The van der Waals surface area contributed by atoms with E-state index in [1.165, 1.54) is 51.4 Å². The van der Waals surface area contributed by atoms with Gasteiger partial charge in [0, 0.05) is 12.6 Å². The highest BCUT2D eigenvalue weighted by Crippen LogP contribution is 2.12. The van der Waals surface area contributed by atoms with Crippen LogP contribution in [0.1, 0.15) is 64.7 Å². The van der Waals surface area contributed by atoms with E-state index in [1.54, 1.807) is 0 Å². The van der Waals surface area contributed by atoms with Crippen LogP contribution in [0, 0.1) is 0 Å². The Kier molecular flexibility index (Phi) is 7.91. The first-order valence-electron chi connectivity index (χ1n) is 7.58. The van der Waals surface area contributed by atoms with Crippen molar-refractivity contribution >= 4 is 9.84 Å². The van der Waals surface area contributed by atoms with Crippen LogP contribution in [-0.2, 0) is 9.84 Å². The van der Waals surface area contributed by atoms with Crippen LogP contribution >= 0.6 is 0 Å². The molecule has 1 N–H and O–H groups in total. The lowest BCUT2D eigenvalue weighted by Crippen LogP contribution is -2.44. The van der Waals surface area contributed by atoms with Crippen LogP contribution in [0.4, 0.5) is 0 Å². The van der Waals surface area contributed by atoms with E-state index >= 15 is 0 Å². The summed E-state index contributed by atoms with van der Waals surface area (Å²) in [6, 6.07) is 0.212. The summed E-state index contributed by atoms with van der Waals surface area (Å²) in [6.07, 6.45) is 11.5. The second kappa shape index (κ2) is 8.92. The Bertz CT molecular complexity index is 301. The Balaban J connectivity index is 1.94. The van der Waals surface area contributed by atoms with Crippen LogP contribution in [0.3, 0.4) is 0 Å². The van der Waals surface area contributed by atoms with E-state index in [2.05, 4.69) is 12.2 Å². The monoisotopic (exact) mass is 275 g/mol. The largest absolute Gasteiger partial charge is 0.312 e. The number of hydrogen-bond acceptors (Lipinski definition) is 3. The molecule has 0 bridgehead atoms. The van der Waals surface area contributed by atoms with Gasteiger partial charge in [0.25, 0.3) is 0 Å². The van der Waals surface area contributed by atoms with Crippen LogP contribution in [0.5, 0.6) is 0 Å². The van der Waals surface area contributed by atoms with E-state index in [9.17, 15) is 8.42 Å². The Morgan fingerprint density at radius 2 is 1.61 bits per heavy atom. The van der Waals surface area contributed by atoms with Crippen LogP contribution in [0.25, 0.3) is 0 Å². The number of sulfone groups is 1. The standard InChI is InChI=1S/C14H29NO2S/c1-2-3-4-5-6-7-8-9-10-14-13-18(16,17)12-11-15-14/h14-15H,2-13H2,1H3. The number of unbranched alkanes of at least 4 members (excludes halogenated alkanes) is 7. The van der Waals surface area contributed by atoms with E-state index in [1.807, 2.05) is 0 Å². The third kappa shape index (κ3) is 7.37. The van der Waals surface area contributed by atoms with Gasteiger partial charge in [0.05, 0.1) is 11.5 Å². The highest BCUT2D eigenvalue weighted by Gasteiger charge is 2.23. The van der Waals surface area contributed by atoms with Gasteiger partial charge >= 0.3 is 0 Å². The number of rotatable bonds is 9. The molecule has 4 heteroatoms. The molecule has 1 unspecified atom stereocenters. The maximum Gasteiger partial charge on any atom is 0.153 e. The molecule has 1 saturated heterocycles. The van der Waals surface area contributed by atoms with Crippen molar-refractivity contribution in [3.05, 3.63) is 0 Å². The molecule has 1 aliphatic rings.